The third-order valence-electron chi connectivity index (χ3n) is 3.98. The van der Waals surface area contributed by atoms with E-state index < -0.39 is 5.54 Å². The molecule has 1 aromatic heterocycles. The number of carbonyl (C=O) groups is 1. The molecule has 112 valence electrons. The molecule has 1 amide bonds. The first-order valence-corrected chi connectivity index (χ1v) is 7.12. The van der Waals surface area contributed by atoms with Gasteiger partial charge < -0.3 is 10.3 Å². The Morgan fingerprint density at radius 2 is 1.82 bits per heavy atom. The van der Waals surface area contributed by atoms with E-state index in [2.05, 4.69) is 10.3 Å². The molecule has 1 atom stereocenters. The maximum atomic E-state index is 13.2. The number of fused-ring (bicyclic) bond motifs is 1. The summed E-state index contributed by atoms with van der Waals surface area (Å²) in [6.45, 7) is 3.41. The van der Waals surface area contributed by atoms with Gasteiger partial charge in [-0.2, -0.15) is 0 Å². The SMILES string of the molecule is CC(=O)NC(C)(c1ccc(F)cc1)c1c[nH]c2ccccc12. The van der Waals surface area contributed by atoms with Crippen LogP contribution in [0.25, 0.3) is 10.9 Å². The number of amides is 1. The maximum Gasteiger partial charge on any atom is 0.217 e. The second-order valence-electron chi connectivity index (χ2n) is 5.56. The van der Waals surface area contributed by atoms with Crippen molar-refractivity contribution >= 4 is 16.8 Å². The van der Waals surface area contributed by atoms with Gasteiger partial charge >= 0.3 is 0 Å². The van der Waals surface area contributed by atoms with Gasteiger partial charge in [0.05, 0.1) is 5.54 Å². The summed E-state index contributed by atoms with van der Waals surface area (Å²) in [5, 5.41) is 4.04. The van der Waals surface area contributed by atoms with E-state index >= 15 is 0 Å². The Balaban J connectivity index is 2.21. The lowest BCUT2D eigenvalue weighted by molar-refractivity contribution is -0.120. The topological polar surface area (TPSA) is 44.9 Å². The molecule has 1 heterocycles. The summed E-state index contributed by atoms with van der Waals surface area (Å²) < 4.78 is 13.2. The molecule has 0 fully saturated rings. The zero-order valence-electron chi connectivity index (χ0n) is 12.5. The largest absolute Gasteiger partial charge is 0.361 e. The first kappa shape index (κ1) is 14.3. The molecule has 2 aromatic carbocycles. The highest BCUT2D eigenvalue weighted by Gasteiger charge is 2.32. The van der Waals surface area contributed by atoms with Gasteiger partial charge in [0.25, 0.3) is 0 Å². The van der Waals surface area contributed by atoms with Gasteiger partial charge in [-0.15, -0.1) is 0 Å². The molecule has 22 heavy (non-hydrogen) atoms. The molecule has 0 saturated carbocycles. The van der Waals surface area contributed by atoms with E-state index in [1.165, 1.54) is 19.1 Å². The predicted molar refractivity (Wildman–Crippen MR) is 85.0 cm³/mol. The number of aromatic amines is 1. The summed E-state index contributed by atoms with van der Waals surface area (Å²) in [6, 6.07) is 14.1. The van der Waals surface area contributed by atoms with Gasteiger partial charge in [0, 0.05) is 29.6 Å². The monoisotopic (exact) mass is 296 g/mol. The lowest BCUT2D eigenvalue weighted by Gasteiger charge is -2.31. The zero-order valence-corrected chi connectivity index (χ0v) is 12.5. The van der Waals surface area contributed by atoms with E-state index in [1.54, 1.807) is 12.1 Å². The predicted octanol–water partition coefficient (Wildman–Crippen LogP) is 3.71. The molecular formula is C18H17FN2O. The van der Waals surface area contributed by atoms with E-state index in [-0.39, 0.29) is 11.7 Å². The number of rotatable bonds is 3. The second-order valence-corrected chi connectivity index (χ2v) is 5.56. The smallest absolute Gasteiger partial charge is 0.217 e. The van der Waals surface area contributed by atoms with Crippen molar-refractivity contribution in [1.29, 1.82) is 0 Å². The van der Waals surface area contributed by atoms with Crippen molar-refractivity contribution in [2.75, 3.05) is 0 Å². The minimum Gasteiger partial charge on any atom is -0.361 e. The van der Waals surface area contributed by atoms with Crippen LogP contribution < -0.4 is 5.32 Å². The van der Waals surface area contributed by atoms with Crippen molar-refractivity contribution in [3.05, 3.63) is 71.7 Å². The molecule has 0 bridgehead atoms. The van der Waals surface area contributed by atoms with Gasteiger partial charge in [0.15, 0.2) is 0 Å². The highest BCUT2D eigenvalue weighted by molar-refractivity contribution is 5.86. The lowest BCUT2D eigenvalue weighted by atomic mass is 9.84. The van der Waals surface area contributed by atoms with Crippen LogP contribution in [0.3, 0.4) is 0 Å². The van der Waals surface area contributed by atoms with E-state index in [0.717, 1.165) is 22.0 Å². The van der Waals surface area contributed by atoms with Crippen LogP contribution in [0.1, 0.15) is 25.0 Å². The summed E-state index contributed by atoms with van der Waals surface area (Å²) in [6.07, 6.45) is 1.89. The van der Waals surface area contributed by atoms with E-state index in [1.807, 2.05) is 37.4 Å². The Morgan fingerprint density at radius 1 is 1.14 bits per heavy atom. The quantitative estimate of drug-likeness (QED) is 0.760. The maximum absolute atomic E-state index is 13.2. The minimum absolute atomic E-state index is 0.142. The second kappa shape index (κ2) is 5.30. The van der Waals surface area contributed by atoms with Gasteiger partial charge in [0.2, 0.25) is 5.91 Å². The molecule has 3 nitrogen and oxygen atoms in total. The van der Waals surface area contributed by atoms with Crippen molar-refractivity contribution in [3.63, 3.8) is 0 Å². The molecular weight excluding hydrogens is 279 g/mol. The van der Waals surface area contributed by atoms with E-state index in [4.69, 9.17) is 0 Å². The molecule has 0 spiro atoms. The summed E-state index contributed by atoms with van der Waals surface area (Å²) in [4.78, 5) is 15.0. The number of halogens is 1. The van der Waals surface area contributed by atoms with E-state index in [0.29, 0.717) is 0 Å². The molecule has 3 rings (SSSR count). The molecule has 0 aliphatic rings. The van der Waals surface area contributed by atoms with Crippen LogP contribution in [0, 0.1) is 5.82 Å². The van der Waals surface area contributed by atoms with Crippen LogP contribution in [0.5, 0.6) is 0 Å². The van der Waals surface area contributed by atoms with Gasteiger partial charge in [-0.1, -0.05) is 30.3 Å². The third-order valence-corrected chi connectivity index (χ3v) is 3.98. The van der Waals surface area contributed by atoms with Gasteiger partial charge in [0.1, 0.15) is 5.82 Å². The Bertz CT molecular complexity index is 822. The number of nitrogens with one attached hydrogen (secondary N) is 2. The summed E-state index contributed by atoms with van der Waals surface area (Å²) in [5.74, 6) is -0.440. The molecule has 0 aliphatic heterocycles. The van der Waals surface area contributed by atoms with Crippen molar-refractivity contribution in [3.8, 4) is 0 Å². The Morgan fingerprint density at radius 3 is 2.50 bits per heavy atom. The number of H-pyrrole nitrogens is 1. The highest BCUT2D eigenvalue weighted by Crippen LogP contribution is 2.34. The van der Waals surface area contributed by atoms with Crippen LogP contribution in [0.15, 0.2) is 54.7 Å². The average Bonchev–Trinajstić information content (AvgIpc) is 2.91. The average molecular weight is 296 g/mol. The Kier molecular flexibility index (Phi) is 3.45. The standard InChI is InChI=1S/C18H17FN2O/c1-12(22)21-18(2,13-7-9-14(19)10-8-13)16-11-20-17-6-4-3-5-15(16)17/h3-11,20H,1-2H3,(H,21,22). The molecule has 0 aliphatic carbocycles. The van der Waals surface area contributed by atoms with Crippen molar-refractivity contribution < 1.29 is 9.18 Å². The van der Waals surface area contributed by atoms with Crippen LogP contribution in [0.2, 0.25) is 0 Å². The number of aromatic nitrogens is 1. The number of benzene rings is 2. The number of carbonyl (C=O) groups excluding carboxylic acids is 1. The van der Waals surface area contributed by atoms with Crippen LogP contribution in [0.4, 0.5) is 4.39 Å². The fourth-order valence-electron chi connectivity index (χ4n) is 2.92. The van der Waals surface area contributed by atoms with Crippen molar-refractivity contribution in [1.82, 2.24) is 10.3 Å². The van der Waals surface area contributed by atoms with Gasteiger partial charge in [-0.25, -0.2) is 4.39 Å². The van der Waals surface area contributed by atoms with Crippen LogP contribution in [-0.4, -0.2) is 10.9 Å². The minimum atomic E-state index is -0.737. The molecule has 3 aromatic rings. The summed E-state index contributed by atoms with van der Waals surface area (Å²) in [5.41, 5.74) is 2.04. The normalized spacial score (nSPS) is 13.8. The molecule has 0 saturated heterocycles. The fraction of sp³-hybridized carbons (Fsp3) is 0.167. The van der Waals surface area contributed by atoms with Gasteiger partial charge in [-0.3, -0.25) is 4.79 Å². The van der Waals surface area contributed by atoms with E-state index in [9.17, 15) is 9.18 Å². The molecule has 1 unspecified atom stereocenters. The number of hydrogen-bond donors (Lipinski definition) is 2. The number of hydrogen-bond acceptors (Lipinski definition) is 1. The summed E-state index contributed by atoms with van der Waals surface area (Å²) >= 11 is 0. The Labute approximate surface area is 128 Å². The van der Waals surface area contributed by atoms with Gasteiger partial charge in [-0.05, 0) is 30.7 Å². The lowest BCUT2D eigenvalue weighted by Crippen LogP contribution is -2.43. The molecule has 0 radical (unpaired) electrons. The van der Waals surface area contributed by atoms with Crippen molar-refractivity contribution in [2.24, 2.45) is 0 Å². The zero-order chi connectivity index (χ0) is 15.7. The molecule has 2 N–H and O–H groups in total. The summed E-state index contributed by atoms with van der Waals surface area (Å²) in [7, 11) is 0. The van der Waals surface area contributed by atoms with Crippen molar-refractivity contribution in [2.45, 2.75) is 19.4 Å². The van der Waals surface area contributed by atoms with Crippen LogP contribution in [-0.2, 0) is 10.3 Å². The first-order chi connectivity index (χ1) is 10.5. The number of para-hydroxylation sites is 1. The molecule has 4 heteroatoms. The first-order valence-electron chi connectivity index (χ1n) is 7.12. The fourth-order valence-corrected chi connectivity index (χ4v) is 2.92. The van der Waals surface area contributed by atoms with Crippen LogP contribution >= 0.6 is 0 Å². The third kappa shape index (κ3) is 2.37. The highest BCUT2D eigenvalue weighted by atomic mass is 19.1. The Hall–Kier alpha value is -2.62.